The third kappa shape index (κ3) is 1.60. The Labute approximate surface area is 56.1 Å². The monoisotopic (exact) mass is 123 g/mol. The van der Waals surface area contributed by atoms with Gasteiger partial charge in [-0.1, -0.05) is 6.92 Å². The zero-order valence-electron chi connectivity index (χ0n) is 5.51. The van der Waals surface area contributed by atoms with E-state index in [4.69, 9.17) is 5.26 Å². The molecule has 49 valence electrons. The van der Waals surface area contributed by atoms with Crippen LogP contribution in [-0.2, 0) is 0 Å². The van der Waals surface area contributed by atoms with Gasteiger partial charge in [0.15, 0.2) is 6.19 Å². The van der Waals surface area contributed by atoms with E-state index in [9.17, 15) is 0 Å². The van der Waals surface area contributed by atoms with Gasteiger partial charge < -0.3 is 4.90 Å². The Morgan fingerprint density at radius 1 is 1.44 bits per heavy atom. The van der Waals surface area contributed by atoms with Gasteiger partial charge in [0.1, 0.15) is 0 Å². The second-order valence-electron chi connectivity index (χ2n) is 2.53. The molecule has 0 spiro atoms. The average molecular weight is 123 g/mol. The Hall–Kier alpha value is -0.710. The highest BCUT2D eigenvalue weighted by atomic mass is 15.1. The van der Waals surface area contributed by atoms with Gasteiger partial charge in [-0.15, -0.1) is 0 Å². The quantitative estimate of drug-likeness (QED) is 0.449. The third-order valence-corrected chi connectivity index (χ3v) is 1.76. The Balaban J connectivity index is 2.28. The third-order valence-electron chi connectivity index (χ3n) is 1.76. The summed E-state index contributed by atoms with van der Waals surface area (Å²) in [6.45, 7) is 5.74. The van der Waals surface area contributed by atoms with Crippen molar-refractivity contribution in [3.05, 3.63) is 6.92 Å². The van der Waals surface area contributed by atoms with Crippen molar-refractivity contribution in [2.24, 2.45) is 5.92 Å². The van der Waals surface area contributed by atoms with Crippen LogP contribution >= 0.6 is 0 Å². The first kappa shape index (κ1) is 6.41. The Morgan fingerprint density at radius 2 is 2.00 bits per heavy atom. The van der Waals surface area contributed by atoms with Crippen LogP contribution in [0.25, 0.3) is 0 Å². The van der Waals surface area contributed by atoms with Crippen molar-refractivity contribution in [3.8, 4) is 6.19 Å². The van der Waals surface area contributed by atoms with E-state index in [0.717, 1.165) is 25.9 Å². The molecule has 0 amide bonds. The number of nitrogens with zero attached hydrogens (tertiary/aromatic N) is 2. The largest absolute Gasteiger partial charge is 0.311 e. The van der Waals surface area contributed by atoms with Crippen molar-refractivity contribution in [2.45, 2.75) is 12.8 Å². The molecule has 1 heterocycles. The van der Waals surface area contributed by atoms with Crippen molar-refractivity contribution in [2.75, 3.05) is 13.1 Å². The lowest BCUT2D eigenvalue weighted by Crippen LogP contribution is -2.28. The van der Waals surface area contributed by atoms with E-state index in [-0.39, 0.29) is 0 Å². The van der Waals surface area contributed by atoms with Gasteiger partial charge in [0.25, 0.3) is 0 Å². The van der Waals surface area contributed by atoms with E-state index in [1.807, 2.05) is 0 Å². The van der Waals surface area contributed by atoms with Gasteiger partial charge in [-0.25, -0.2) is 0 Å². The van der Waals surface area contributed by atoms with Crippen molar-refractivity contribution in [1.82, 2.24) is 4.90 Å². The Bertz CT molecular complexity index is 117. The molecule has 0 saturated carbocycles. The molecular formula is C7H11N2. The summed E-state index contributed by atoms with van der Waals surface area (Å²) in [4.78, 5) is 1.79. The zero-order chi connectivity index (χ0) is 6.69. The molecule has 1 saturated heterocycles. The lowest BCUT2D eigenvalue weighted by Gasteiger charge is -2.24. The fourth-order valence-electron chi connectivity index (χ4n) is 1.03. The van der Waals surface area contributed by atoms with Gasteiger partial charge in [0.05, 0.1) is 0 Å². The van der Waals surface area contributed by atoms with Crippen LogP contribution < -0.4 is 0 Å². The minimum Gasteiger partial charge on any atom is -0.311 e. The van der Waals surface area contributed by atoms with Gasteiger partial charge in [-0.3, -0.25) is 0 Å². The predicted molar refractivity (Wildman–Crippen MR) is 35.3 cm³/mol. The molecule has 0 aliphatic carbocycles. The molecule has 0 atom stereocenters. The van der Waals surface area contributed by atoms with Gasteiger partial charge in [0, 0.05) is 13.1 Å². The molecule has 1 aliphatic rings. The van der Waals surface area contributed by atoms with Crippen LogP contribution in [0.1, 0.15) is 12.8 Å². The summed E-state index contributed by atoms with van der Waals surface area (Å²) >= 11 is 0. The average Bonchev–Trinajstić information content (AvgIpc) is 1.90. The second-order valence-corrected chi connectivity index (χ2v) is 2.53. The molecule has 1 rings (SSSR count). The molecule has 0 bridgehead atoms. The van der Waals surface area contributed by atoms with Crippen LogP contribution in [0.5, 0.6) is 0 Å². The normalized spacial score (nSPS) is 21.6. The first-order valence-electron chi connectivity index (χ1n) is 3.30. The molecule has 2 nitrogen and oxygen atoms in total. The van der Waals surface area contributed by atoms with E-state index < -0.39 is 0 Å². The topological polar surface area (TPSA) is 27.0 Å². The molecule has 1 aliphatic heterocycles. The molecule has 1 fully saturated rings. The minimum absolute atomic E-state index is 0.578. The highest BCUT2D eigenvalue weighted by Gasteiger charge is 2.13. The van der Waals surface area contributed by atoms with Crippen LogP contribution in [0.15, 0.2) is 0 Å². The fraction of sp³-hybridized carbons (Fsp3) is 0.714. The summed E-state index contributed by atoms with van der Waals surface area (Å²) in [6, 6.07) is 0. The van der Waals surface area contributed by atoms with Gasteiger partial charge in [0.2, 0.25) is 0 Å². The van der Waals surface area contributed by atoms with E-state index >= 15 is 0 Å². The molecule has 0 aromatic rings. The van der Waals surface area contributed by atoms with E-state index in [1.165, 1.54) is 0 Å². The molecular weight excluding hydrogens is 112 g/mol. The molecule has 2 heteroatoms. The smallest absolute Gasteiger partial charge is 0.179 e. The van der Waals surface area contributed by atoms with Crippen molar-refractivity contribution >= 4 is 0 Å². The van der Waals surface area contributed by atoms with E-state index in [2.05, 4.69) is 13.1 Å². The standard InChI is InChI=1S/C7H11N2/c1-7-2-4-9(6-8)5-3-7/h7H,1-5H2. The maximum atomic E-state index is 8.43. The van der Waals surface area contributed by atoms with Crippen molar-refractivity contribution in [3.63, 3.8) is 0 Å². The minimum atomic E-state index is 0.578. The van der Waals surface area contributed by atoms with Gasteiger partial charge in [-0.05, 0) is 18.8 Å². The molecule has 0 aromatic carbocycles. The van der Waals surface area contributed by atoms with Crippen LogP contribution in [-0.4, -0.2) is 18.0 Å². The summed E-state index contributed by atoms with van der Waals surface area (Å²) in [5, 5.41) is 8.43. The molecule has 9 heavy (non-hydrogen) atoms. The van der Waals surface area contributed by atoms with Crippen LogP contribution in [0.3, 0.4) is 0 Å². The number of hydrogen-bond donors (Lipinski definition) is 0. The lowest BCUT2D eigenvalue weighted by molar-refractivity contribution is 0.280. The lowest BCUT2D eigenvalue weighted by atomic mass is 10.00. The van der Waals surface area contributed by atoms with Gasteiger partial charge >= 0.3 is 0 Å². The summed E-state index contributed by atoms with van der Waals surface area (Å²) in [5.74, 6) is 0.578. The highest BCUT2D eigenvalue weighted by Crippen LogP contribution is 2.13. The summed E-state index contributed by atoms with van der Waals surface area (Å²) < 4.78 is 0. The number of hydrogen-bond acceptors (Lipinski definition) is 2. The number of rotatable bonds is 0. The van der Waals surface area contributed by atoms with Crippen molar-refractivity contribution in [1.29, 1.82) is 5.26 Å². The second kappa shape index (κ2) is 2.72. The molecule has 0 unspecified atom stereocenters. The molecule has 1 radical (unpaired) electrons. The zero-order valence-corrected chi connectivity index (χ0v) is 5.51. The SMILES string of the molecule is [CH2]C1CCN(C#N)CC1. The van der Waals surface area contributed by atoms with Crippen LogP contribution in [0, 0.1) is 24.3 Å². The number of likely N-dealkylation sites (tertiary alicyclic amines) is 1. The number of piperidine rings is 1. The maximum Gasteiger partial charge on any atom is 0.179 e. The molecule has 0 N–H and O–H groups in total. The van der Waals surface area contributed by atoms with Gasteiger partial charge in [-0.2, -0.15) is 5.26 Å². The summed E-state index contributed by atoms with van der Waals surface area (Å²) in [7, 11) is 0. The Kier molecular flexibility index (Phi) is 1.94. The summed E-state index contributed by atoms with van der Waals surface area (Å²) in [6.07, 6.45) is 4.28. The van der Waals surface area contributed by atoms with Crippen LogP contribution in [0.2, 0.25) is 0 Å². The first-order chi connectivity index (χ1) is 4.33. The van der Waals surface area contributed by atoms with E-state index in [1.54, 1.807) is 4.90 Å². The first-order valence-corrected chi connectivity index (χ1v) is 3.30. The van der Waals surface area contributed by atoms with E-state index in [0.29, 0.717) is 5.92 Å². The predicted octanol–water partition coefficient (Wildman–Crippen LogP) is 1.01. The van der Waals surface area contributed by atoms with Crippen molar-refractivity contribution < 1.29 is 0 Å². The molecule has 0 aromatic heterocycles. The van der Waals surface area contributed by atoms with Crippen LogP contribution in [0.4, 0.5) is 0 Å². The fourth-order valence-corrected chi connectivity index (χ4v) is 1.03. The maximum absolute atomic E-state index is 8.43. The highest BCUT2D eigenvalue weighted by molar-refractivity contribution is 4.80. The Morgan fingerprint density at radius 3 is 2.44 bits per heavy atom. The summed E-state index contributed by atoms with van der Waals surface area (Å²) in [5.41, 5.74) is 0. The number of nitriles is 1.